The Labute approximate surface area is 317 Å². The summed E-state index contributed by atoms with van der Waals surface area (Å²) in [6.07, 6.45) is 27.8. The van der Waals surface area contributed by atoms with E-state index in [9.17, 15) is 24.1 Å². The van der Waals surface area contributed by atoms with Gasteiger partial charge in [-0.15, -0.1) is 0 Å². The maximum atomic E-state index is 14.1. The Bertz CT molecular complexity index is 1920. The van der Waals surface area contributed by atoms with Crippen LogP contribution in [0.15, 0.2) is 125 Å². The highest BCUT2D eigenvalue weighted by Gasteiger charge is 2.38. The number of nitrogens with zero attached hydrogens (tertiary/aromatic N) is 1. The minimum atomic E-state index is -4.04. The predicted molar refractivity (Wildman–Crippen MR) is 215 cm³/mol. The summed E-state index contributed by atoms with van der Waals surface area (Å²) in [5, 5.41) is 15.2. The van der Waals surface area contributed by atoms with Crippen LogP contribution in [0.1, 0.15) is 83.8 Å². The van der Waals surface area contributed by atoms with Gasteiger partial charge in [-0.05, 0) is 62.8 Å². The Morgan fingerprint density at radius 1 is 0.907 bits per heavy atom. The van der Waals surface area contributed by atoms with Crippen LogP contribution in [0.2, 0.25) is 0 Å². The molecule has 1 saturated heterocycles. The topological polar surface area (TPSA) is 149 Å². The van der Waals surface area contributed by atoms with E-state index in [1.54, 1.807) is 12.1 Å². The van der Waals surface area contributed by atoms with Crippen molar-refractivity contribution in [3.63, 3.8) is 0 Å². The first-order valence-corrected chi connectivity index (χ1v) is 20.4. The fourth-order valence-corrected chi connectivity index (χ4v) is 7.18. The summed E-state index contributed by atoms with van der Waals surface area (Å²) in [4.78, 5) is 38.5. The fraction of sp³-hybridized carbons (Fsp3) is 0.405. The van der Waals surface area contributed by atoms with E-state index in [2.05, 4.69) is 77.8 Å². The van der Waals surface area contributed by atoms with Gasteiger partial charge in [0.15, 0.2) is 0 Å². The quantitative estimate of drug-likeness (QED) is 0.0465. The van der Waals surface area contributed by atoms with E-state index in [0.29, 0.717) is 25.0 Å². The largest absolute Gasteiger partial charge is 0.458 e. The molecule has 2 heterocycles. The van der Waals surface area contributed by atoms with E-state index >= 15 is 0 Å². The van der Waals surface area contributed by atoms with E-state index in [0.717, 1.165) is 55.7 Å². The Balaban J connectivity index is 1.19. The van der Waals surface area contributed by atoms with Gasteiger partial charge in [-0.25, -0.2) is 14.4 Å². The monoisotopic (exact) mass is 759 g/mol. The van der Waals surface area contributed by atoms with E-state index in [1.807, 2.05) is 30.3 Å². The molecule has 1 aliphatic heterocycles. The molecule has 11 nitrogen and oxygen atoms in total. The average molecular weight is 760 g/mol. The Hall–Kier alpha value is -4.38. The molecule has 4 atom stereocenters. The van der Waals surface area contributed by atoms with Crippen molar-refractivity contribution in [1.82, 2.24) is 14.6 Å². The predicted octanol–water partition coefficient (Wildman–Crippen LogP) is 8.40. The van der Waals surface area contributed by atoms with Crippen molar-refractivity contribution >= 4 is 24.3 Å². The first-order valence-electron chi connectivity index (χ1n) is 18.9. The summed E-state index contributed by atoms with van der Waals surface area (Å²) in [6, 6.07) is 14.1. The number of hydrogen-bond acceptors (Lipinski definition) is 8. The summed E-state index contributed by atoms with van der Waals surface area (Å²) in [6.45, 7) is 2.02. The number of ether oxygens (including phenoxy) is 1. The number of aromatic nitrogens is 2. The molecular weight excluding hydrogens is 705 g/mol. The second-order valence-electron chi connectivity index (χ2n) is 13.0. The van der Waals surface area contributed by atoms with Gasteiger partial charge in [-0.1, -0.05) is 104 Å². The van der Waals surface area contributed by atoms with E-state index in [4.69, 9.17) is 13.8 Å². The molecule has 0 spiro atoms. The van der Waals surface area contributed by atoms with Crippen molar-refractivity contribution in [3.05, 3.63) is 136 Å². The zero-order valence-electron chi connectivity index (χ0n) is 31.1. The lowest BCUT2D eigenvalue weighted by Gasteiger charge is -2.23. The number of carbonyl (C=O) groups is 1. The smallest absolute Gasteiger partial charge is 0.413 e. The second kappa shape index (κ2) is 23.4. The number of nitrogens with one attached hydrogen (secondary N) is 2. The number of hydrogen-bond donors (Lipinski definition) is 3. The van der Waals surface area contributed by atoms with Gasteiger partial charge < -0.3 is 14.4 Å². The number of aliphatic hydroxyl groups is 1. The van der Waals surface area contributed by atoms with Crippen LogP contribution in [0, 0.1) is 0 Å². The Morgan fingerprint density at radius 2 is 1.56 bits per heavy atom. The van der Waals surface area contributed by atoms with Gasteiger partial charge in [0.2, 0.25) is 0 Å². The third kappa shape index (κ3) is 14.8. The average Bonchev–Trinajstić information content (AvgIpc) is 3.53. The number of carbonyl (C=O) groups excluding carboxylic acids is 1. The molecule has 1 fully saturated rings. The van der Waals surface area contributed by atoms with Gasteiger partial charge in [-0.2, -0.15) is 0 Å². The molecule has 0 aliphatic carbocycles. The van der Waals surface area contributed by atoms with Gasteiger partial charge in [0, 0.05) is 43.5 Å². The molecule has 4 rings (SSSR count). The lowest BCUT2D eigenvalue weighted by atomic mass is 10.1. The minimum absolute atomic E-state index is 0.0606. The zero-order chi connectivity index (χ0) is 38.4. The standard InChI is InChI=1S/C42H54N3O8P/c1-2-3-4-5-6-7-8-9-10-11-12-13-14-15-16-17-18-25-35(46)26-22-30-43-54(50,53-38-28-21-24-34-23-19-20-27-36(34)38)51-33-39-37(47)32-41(52-39)45-31-29-40(48)44-42(45)49/h3-4,6-7,9-10,12-13,15-16,19-21,23-24,27-29,31,37,39,41,47H,2,5,8,11,14,17-18,22,25-26,30,32-33H2,1H3,(H,43,50)(H,44,48,49)/b4-3-,7-6-,10-9-,13-12-,16-15-/t37-,39+,41+,54?/m0/s1. The number of aromatic amines is 1. The molecule has 290 valence electrons. The van der Waals surface area contributed by atoms with Crippen molar-refractivity contribution in [2.24, 2.45) is 0 Å². The van der Waals surface area contributed by atoms with Crippen molar-refractivity contribution in [1.29, 1.82) is 0 Å². The Kier molecular flexibility index (Phi) is 18.4. The molecular formula is C42H54N3O8P. The first kappa shape index (κ1) is 42.4. The third-order valence-electron chi connectivity index (χ3n) is 8.66. The van der Waals surface area contributed by atoms with Gasteiger partial charge in [0.05, 0.1) is 12.7 Å². The van der Waals surface area contributed by atoms with Crippen molar-refractivity contribution in [3.8, 4) is 5.75 Å². The van der Waals surface area contributed by atoms with Crippen LogP contribution in [0.3, 0.4) is 0 Å². The molecule has 3 aromatic rings. The van der Waals surface area contributed by atoms with Gasteiger partial charge in [0.25, 0.3) is 5.56 Å². The highest BCUT2D eigenvalue weighted by atomic mass is 31.2. The number of fused-ring (bicyclic) bond motifs is 1. The van der Waals surface area contributed by atoms with Crippen LogP contribution >= 0.6 is 7.75 Å². The van der Waals surface area contributed by atoms with Crippen molar-refractivity contribution in [2.45, 2.75) is 96.0 Å². The lowest BCUT2D eigenvalue weighted by Crippen LogP contribution is -2.32. The summed E-state index contributed by atoms with van der Waals surface area (Å²) in [5.41, 5.74) is -1.22. The Morgan fingerprint density at radius 3 is 2.26 bits per heavy atom. The summed E-state index contributed by atoms with van der Waals surface area (Å²) >= 11 is 0. The molecule has 3 N–H and O–H groups in total. The lowest BCUT2D eigenvalue weighted by molar-refractivity contribution is -0.119. The number of Topliss-reactive ketones (excluding diaryl/α,β-unsaturated/α-hetero) is 1. The summed E-state index contributed by atoms with van der Waals surface area (Å²) in [5.74, 6) is 0.474. The molecule has 2 aromatic carbocycles. The molecule has 0 amide bonds. The van der Waals surface area contributed by atoms with Crippen LogP contribution in [0.4, 0.5) is 0 Å². The van der Waals surface area contributed by atoms with Crippen molar-refractivity contribution < 1.29 is 28.3 Å². The maximum Gasteiger partial charge on any atom is 0.458 e. The zero-order valence-corrected chi connectivity index (χ0v) is 32.0. The SMILES string of the molecule is CC/C=C\C/C=C\C/C=C\C/C=C\C/C=C\CCCC(=O)CCCNP(=O)(OC[C@H]1O[C@@H](n2ccc(=O)[nH]c2=O)C[C@@H]1O)Oc1cccc2ccccc12. The molecule has 54 heavy (non-hydrogen) atoms. The molecule has 12 heteroatoms. The number of aliphatic hydroxyl groups excluding tert-OH is 1. The molecule has 0 radical (unpaired) electrons. The molecule has 1 aromatic heterocycles. The number of benzene rings is 2. The van der Waals surface area contributed by atoms with Crippen LogP contribution in [-0.4, -0.2) is 45.8 Å². The van der Waals surface area contributed by atoms with Crippen LogP contribution in [-0.2, 0) is 18.6 Å². The number of rotatable bonds is 24. The van der Waals surface area contributed by atoms with E-state index in [1.165, 1.54) is 16.8 Å². The molecule has 1 aliphatic rings. The molecule has 0 bridgehead atoms. The fourth-order valence-electron chi connectivity index (χ4n) is 5.78. The van der Waals surface area contributed by atoms with E-state index < -0.39 is 37.4 Å². The van der Waals surface area contributed by atoms with Crippen molar-refractivity contribution in [2.75, 3.05) is 13.2 Å². The highest BCUT2D eigenvalue weighted by molar-refractivity contribution is 7.52. The molecule has 1 unspecified atom stereocenters. The number of H-pyrrole nitrogens is 1. The normalized spacial score (nSPS) is 19.0. The first-order chi connectivity index (χ1) is 26.3. The molecule has 0 saturated carbocycles. The van der Waals surface area contributed by atoms with Gasteiger partial charge in [-0.3, -0.25) is 23.7 Å². The number of ketones is 1. The minimum Gasteiger partial charge on any atom is -0.413 e. The van der Waals surface area contributed by atoms with E-state index in [-0.39, 0.29) is 25.4 Å². The van der Waals surface area contributed by atoms with Gasteiger partial charge in [0.1, 0.15) is 23.9 Å². The van der Waals surface area contributed by atoms with Gasteiger partial charge >= 0.3 is 13.4 Å². The summed E-state index contributed by atoms with van der Waals surface area (Å²) < 4.78 is 33.0. The van der Waals surface area contributed by atoms with Crippen LogP contribution in [0.25, 0.3) is 10.8 Å². The number of allylic oxidation sites excluding steroid dienone is 10. The second-order valence-corrected chi connectivity index (χ2v) is 14.7. The highest BCUT2D eigenvalue weighted by Crippen LogP contribution is 2.47. The van der Waals surface area contributed by atoms with Crippen LogP contribution < -0.4 is 20.9 Å². The third-order valence-corrected chi connectivity index (χ3v) is 10.2. The van der Waals surface area contributed by atoms with Crippen LogP contribution in [0.5, 0.6) is 5.75 Å². The summed E-state index contributed by atoms with van der Waals surface area (Å²) in [7, 11) is -4.04. The number of unbranched alkanes of at least 4 members (excludes halogenated alkanes) is 1. The maximum absolute atomic E-state index is 14.1.